The highest BCUT2D eigenvalue weighted by Crippen LogP contribution is 2.28. The number of halogens is 1. The molecule has 1 aliphatic heterocycles. The van der Waals surface area contributed by atoms with Gasteiger partial charge in [-0.15, -0.1) is 0 Å². The van der Waals surface area contributed by atoms with E-state index in [-0.39, 0.29) is 11.7 Å². The van der Waals surface area contributed by atoms with Crippen molar-refractivity contribution in [3.05, 3.63) is 83.9 Å². The average molecular weight is 347 g/mol. The minimum atomic E-state index is -0.281. The highest BCUT2D eigenvalue weighted by atomic mass is 19.1. The number of para-hydroxylation sites is 1. The zero-order valence-corrected chi connectivity index (χ0v) is 14.2. The van der Waals surface area contributed by atoms with E-state index in [1.54, 1.807) is 35.4 Å². The van der Waals surface area contributed by atoms with Crippen molar-refractivity contribution < 1.29 is 9.18 Å². The van der Waals surface area contributed by atoms with Gasteiger partial charge in [0.25, 0.3) is 5.91 Å². The number of aromatic nitrogens is 1. The van der Waals surface area contributed by atoms with Gasteiger partial charge in [0.1, 0.15) is 11.5 Å². The van der Waals surface area contributed by atoms with Gasteiger partial charge in [-0.05, 0) is 60.9 Å². The first-order valence-corrected chi connectivity index (χ1v) is 8.59. The number of carbonyl (C=O) groups excluding carboxylic acids is 1. The second kappa shape index (κ2) is 6.96. The number of anilines is 3. The first-order chi connectivity index (χ1) is 12.7. The number of benzene rings is 2. The SMILES string of the molecule is O=C(c1ccc(Nc2ccc(F)cc2)cn1)N1CCCc2ccccc21. The van der Waals surface area contributed by atoms with Crippen LogP contribution in [0.3, 0.4) is 0 Å². The van der Waals surface area contributed by atoms with Crippen LogP contribution in [0.5, 0.6) is 0 Å². The number of aryl methyl sites for hydroxylation is 1. The third kappa shape index (κ3) is 3.28. The summed E-state index contributed by atoms with van der Waals surface area (Å²) in [7, 11) is 0. The normalized spacial score (nSPS) is 13.2. The number of nitrogens with zero attached hydrogens (tertiary/aromatic N) is 2. The number of nitrogens with one attached hydrogen (secondary N) is 1. The van der Waals surface area contributed by atoms with Gasteiger partial charge in [-0.2, -0.15) is 0 Å². The Labute approximate surface area is 151 Å². The van der Waals surface area contributed by atoms with Gasteiger partial charge in [0, 0.05) is 17.9 Å². The van der Waals surface area contributed by atoms with E-state index >= 15 is 0 Å². The lowest BCUT2D eigenvalue weighted by Crippen LogP contribution is -2.35. The summed E-state index contributed by atoms with van der Waals surface area (Å²) in [6.07, 6.45) is 3.56. The molecule has 5 heteroatoms. The number of hydrogen-bond acceptors (Lipinski definition) is 3. The van der Waals surface area contributed by atoms with Gasteiger partial charge in [0.2, 0.25) is 0 Å². The zero-order valence-electron chi connectivity index (χ0n) is 14.2. The molecule has 4 rings (SSSR count). The van der Waals surface area contributed by atoms with Crippen LogP contribution in [0.1, 0.15) is 22.5 Å². The van der Waals surface area contributed by atoms with Crippen LogP contribution in [0.15, 0.2) is 66.9 Å². The minimum absolute atomic E-state index is 0.0921. The van der Waals surface area contributed by atoms with Crippen molar-refractivity contribution in [1.29, 1.82) is 0 Å². The molecule has 0 fully saturated rings. The molecule has 0 bridgehead atoms. The lowest BCUT2D eigenvalue weighted by Gasteiger charge is -2.29. The van der Waals surface area contributed by atoms with Crippen molar-refractivity contribution in [2.75, 3.05) is 16.8 Å². The Balaban J connectivity index is 1.52. The van der Waals surface area contributed by atoms with E-state index in [0.717, 1.165) is 29.9 Å². The second-order valence-corrected chi connectivity index (χ2v) is 6.25. The summed E-state index contributed by atoms with van der Waals surface area (Å²) in [5.41, 5.74) is 4.08. The van der Waals surface area contributed by atoms with Crippen LogP contribution < -0.4 is 10.2 Å². The van der Waals surface area contributed by atoms with Crippen molar-refractivity contribution in [2.45, 2.75) is 12.8 Å². The molecule has 26 heavy (non-hydrogen) atoms. The maximum atomic E-state index is 13.0. The molecule has 4 nitrogen and oxygen atoms in total. The Kier molecular flexibility index (Phi) is 4.35. The first-order valence-electron chi connectivity index (χ1n) is 8.59. The molecule has 0 saturated carbocycles. The summed E-state index contributed by atoms with van der Waals surface area (Å²) in [6, 6.07) is 17.6. The van der Waals surface area contributed by atoms with Crippen molar-refractivity contribution in [3.63, 3.8) is 0 Å². The topological polar surface area (TPSA) is 45.2 Å². The molecule has 130 valence electrons. The van der Waals surface area contributed by atoms with Gasteiger partial charge >= 0.3 is 0 Å². The Hall–Kier alpha value is -3.21. The van der Waals surface area contributed by atoms with E-state index in [2.05, 4.69) is 16.4 Å². The molecule has 3 aromatic rings. The van der Waals surface area contributed by atoms with Crippen LogP contribution in [-0.4, -0.2) is 17.4 Å². The molecule has 0 unspecified atom stereocenters. The number of carbonyl (C=O) groups is 1. The number of rotatable bonds is 3. The Morgan fingerprint density at radius 2 is 1.77 bits per heavy atom. The fraction of sp³-hybridized carbons (Fsp3) is 0.143. The Morgan fingerprint density at radius 3 is 2.54 bits per heavy atom. The number of pyridine rings is 1. The van der Waals surface area contributed by atoms with Crippen molar-refractivity contribution in [1.82, 2.24) is 4.98 Å². The summed E-state index contributed by atoms with van der Waals surface area (Å²) in [5.74, 6) is -0.373. The van der Waals surface area contributed by atoms with Gasteiger partial charge in [-0.25, -0.2) is 9.37 Å². The van der Waals surface area contributed by atoms with Gasteiger partial charge < -0.3 is 10.2 Å². The fourth-order valence-corrected chi connectivity index (χ4v) is 3.18. The quantitative estimate of drug-likeness (QED) is 0.755. The van der Waals surface area contributed by atoms with E-state index in [1.165, 1.54) is 17.7 Å². The third-order valence-corrected chi connectivity index (χ3v) is 4.47. The predicted molar refractivity (Wildman–Crippen MR) is 100 cm³/mol. The molecule has 0 saturated heterocycles. The van der Waals surface area contributed by atoms with Crippen LogP contribution in [0.4, 0.5) is 21.5 Å². The van der Waals surface area contributed by atoms with Crippen molar-refractivity contribution >= 4 is 23.0 Å². The van der Waals surface area contributed by atoms with Gasteiger partial charge in [0.05, 0.1) is 11.9 Å². The molecule has 1 aliphatic rings. The van der Waals surface area contributed by atoms with E-state index in [4.69, 9.17) is 0 Å². The number of hydrogen-bond donors (Lipinski definition) is 1. The molecule has 0 aliphatic carbocycles. The van der Waals surface area contributed by atoms with Crippen LogP contribution >= 0.6 is 0 Å². The molecule has 0 radical (unpaired) electrons. The maximum Gasteiger partial charge on any atom is 0.276 e. The third-order valence-electron chi connectivity index (χ3n) is 4.47. The van der Waals surface area contributed by atoms with Crippen LogP contribution in [0.25, 0.3) is 0 Å². The highest BCUT2D eigenvalue weighted by molar-refractivity contribution is 6.05. The summed E-state index contributed by atoms with van der Waals surface area (Å²) in [5, 5.41) is 3.14. The van der Waals surface area contributed by atoms with Gasteiger partial charge in [0.15, 0.2) is 0 Å². The van der Waals surface area contributed by atoms with Gasteiger partial charge in [-0.1, -0.05) is 18.2 Å². The monoisotopic (exact) mass is 347 g/mol. The van der Waals surface area contributed by atoms with Crippen LogP contribution in [-0.2, 0) is 6.42 Å². The summed E-state index contributed by atoms with van der Waals surface area (Å²) >= 11 is 0. The Bertz CT molecular complexity index is 923. The number of amides is 1. The standard InChI is InChI=1S/C21H18FN3O/c22-16-7-9-17(10-8-16)24-18-11-12-19(23-14-18)21(26)25-13-3-5-15-4-1-2-6-20(15)25/h1-2,4,6-12,14,24H,3,5,13H2. The predicted octanol–water partition coefficient (Wildman–Crippen LogP) is 4.56. The first kappa shape index (κ1) is 16.3. The van der Waals surface area contributed by atoms with E-state index in [0.29, 0.717) is 12.2 Å². The largest absolute Gasteiger partial charge is 0.354 e. The molecule has 0 atom stereocenters. The maximum absolute atomic E-state index is 13.0. The summed E-state index contributed by atoms with van der Waals surface area (Å²) in [4.78, 5) is 19.0. The van der Waals surface area contributed by atoms with Crippen LogP contribution in [0, 0.1) is 5.82 Å². The molecule has 1 amide bonds. The van der Waals surface area contributed by atoms with Crippen molar-refractivity contribution in [3.8, 4) is 0 Å². The molecule has 2 heterocycles. The molecule has 1 N–H and O–H groups in total. The highest BCUT2D eigenvalue weighted by Gasteiger charge is 2.23. The lowest BCUT2D eigenvalue weighted by molar-refractivity contribution is 0.0980. The molecular weight excluding hydrogens is 329 g/mol. The smallest absolute Gasteiger partial charge is 0.276 e. The second-order valence-electron chi connectivity index (χ2n) is 6.25. The summed E-state index contributed by atoms with van der Waals surface area (Å²) < 4.78 is 13.0. The molecular formula is C21H18FN3O. The zero-order chi connectivity index (χ0) is 17.9. The molecule has 2 aromatic carbocycles. The molecule has 1 aromatic heterocycles. The summed E-state index contributed by atoms with van der Waals surface area (Å²) in [6.45, 7) is 0.701. The van der Waals surface area contributed by atoms with Crippen molar-refractivity contribution in [2.24, 2.45) is 0 Å². The fourth-order valence-electron chi connectivity index (χ4n) is 3.18. The Morgan fingerprint density at radius 1 is 1.00 bits per heavy atom. The lowest BCUT2D eigenvalue weighted by atomic mass is 10.0. The average Bonchev–Trinajstić information content (AvgIpc) is 2.69. The van der Waals surface area contributed by atoms with E-state index < -0.39 is 0 Å². The van der Waals surface area contributed by atoms with E-state index in [9.17, 15) is 9.18 Å². The van der Waals surface area contributed by atoms with Gasteiger partial charge in [-0.3, -0.25) is 4.79 Å². The van der Waals surface area contributed by atoms with E-state index in [1.807, 2.05) is 18.2 Å². The minimum Gasteiger partial charge on any atom is -0.354 e. The van der Waals surface area contributed by atoms with Crippen LogP contribution in [0.2, 0.25) is 0 Å². The molecule has 0 spiro atoms. The number of fused-ring (bicyclic) bond motifs is 1.